The number of hydrogen-bond donors (Lipinski definition) is 3. The summed E-state index contributed by atoms with van der Waals surface area (Å²) in [4.78, 5) is 14.8. The third-order valence-corrected chi connectivity index (χ3v) is 2.71. The number of nitrogens with zero attached hydrogens (tertiary/aromatic N) is 1. The van der Waals surface area contributed by atoms with Crippen LogP contribution in [0.15, 0.2) is 18.3 Å². The van der Waals surface area contributed by atoms with Crippen molar-refractivity contribution in [1.82, 2.24) is 4.98 Å². The molecule has 1 heterocycles. The molecular weight excluding hydrogens is 206 g/mol. The SMILES string of the molecule is NC(=O)c1ccc(NCC(O)C2CC2)nc1. The number of aliphatic hydroxyl groups excluding tert-OH is 1. The fourth-order valence-electron chi connectivity index (χ4n) is 1.50. The minimum absolute atomic E-state index is 0.308. The summed E-state index contributed by atoms with van der Waals surface area (Å²) in [5, 5.41) is 12.6. The summed E-state index contributed by atoms with van der Waals surface area (Å²) in [5.41, 5.74) is 5.48. The molecule has 1 unspecified atom stereocenters. The minimum atomic E-state index is -0.489. The molecule has 86 valence electrons. The highest BCUT2D eigenvalue weighted by Crippen LogP contribution is 2.32. The Morgan fingerprint density at radius 1 is 1.62 bits per heavy atom. The first-order valence-corrected chi connectivity index (χ1v) is 5.34. The van der Waals surface area contributed by atoms with Crippen molar-refractivity contribution in [1.29, 1.82) is 0 Å². The Bertz CT molecular complexity index is 373. The van der Waals surface area contributed by atoms with E-state index in [-0.39, 0.29) is 6.10 Å². The number of carbonyl (C=O) groups is 1. The van der Waals surface area contributed by atoms with Gasteiger partial charge in [-0.15, -0.1) is 0 Å². The van der Waals surface area contributed by atoms with Gasteiger partial charge in [0.2, 0.25) is 5.91 Å². The lowest BCUT2D eigenvalue weighted by Crippen LogP contribution is -2.21. The summed E-state index contributed by atoms with van der Waals surface area (Å²) < 4.78 is 0. The van der Waals surface area contributed by atoms with E-state index in [4.69, 9.17) is 5.73 Å². The second-order valence-electron chi connectivity index (χ2n) is 4.08. The number of nitrogens with one attached hydrogen (secondary N) is 1. The maximum Gasteiger partial charge on any atom is 0.250 e. The number of amides is 1. The monoisotopic (exact) mass is 221 g/mol. The highest BCUT2D eigenvalue weighted by atomic mass is 16.3. The zero-order chi connectivity index (χ0) is 11.5. The van der Waals surface area contributed by atoms with Gasteiger partial charge in [-0.05, 0) is 30.9 Å². The zero-order valence-electron chi connectivity index (χ0n) is 8.89. The largest absolute Gasteiger partial charge is 0.391 e. The van der Waals surface area contributed by atoms with Gasteiger partial charge in [0.1, 0.15) is 5.82 Å². The molecule has 0 radical (unpaired) electrons. The zero-order valence-corrected chi connectivity index (χ0v) is 8.89. The molecule has 5 nitrogen and oxygen atoms in total. The van der Waals surface area contributed by atoms with Crippen LogP contribution >= 0.6 is 0 Å². The molecule has 1 aromatic heterocycles. The van der Waals surface area contributed by atoms with Crippen molar-refractivity contribution < 1.29 is 9.90 Å². The second-order valence-corrected chi connectivity index (χ2v) is 4.08. The number of rotatable bonds is 5. The molecule has 1 atom stereocenters. The summed E-state index contributed by atoms with van der Waals surface area (Å²) in [6, 6.07) is 3.29. The van der Waals surface area contributed by atoms with Crippen LogP contribution in [-0.2, 0) is 0 Å². The molecular formula is C11H15N3O2. The van der Waals surface area contributed by atoms with Crippen molar-refractivity contribution in [3.8, 4) is 0 Å². The minimum Gasteiger partial charge on any atom is -0.391 e. The van der Waals surface area contributed by atoms with Crippen LogP contribution in [0.5, 0.6) is 0 Å². The fraction of sp³-hybridized carbons (Fsp3) is 0.455. The summed E-state index contributed by atoms with van der Waals surface area (Å²) >= 11 is 0. The third kappa shape index (κ3) is 2.70. The van der Waals surface area contributed by atoms with Crippen molar-refractivity contribution >= 4 is 11.7 Å². The predicted molar refractivity (Wildman–Crippen MR) is 60.0 cm³/mol. The van der Waals surface area contributed by atoms with Crippen molar-refractivity contribution in [3.63, 3.8) is 0 Å². The standard InChI is InChI=1S/C11H15N3O2/c12-11(16)8-3-4-10(13-5-8)14-6-9(15)7-1-2-7/h3-5,7,9,15H,1-2,6H2,(H2,12,16)(H,13,14). The van der Waals surface area contributed by atoms with E-state index in [1.54, 1.807) is 12.1 Å². The van der Waals surface area contributed by atoms with Gasteiger partial charge in [-0.25, -0.2) is 4.98 Å². The van der Waals surface area contributed by atoms with Gasteiger partial charge in [-0.3, -0.25) is 4.79 Å². The molecule has 2 rings (SSSR count). The molecule has 0 aliphatic heterocycles. The Kier molecular flexibility index (Phi) is 3.05. The first-order chi connectivity index (χ1) is 7.66. The van der Waals surface area contributed by atoms with Crippen LogP contribution in [0.25, 0.3) is 0 Å². The van der Waals surface area contributed by atoms with Gasteiger partial charge >= 0.3 is 0 Å². The van der Waals surface area contributed by atoms with Crippen molar-refractivity contribution in [3.05, 3.63) is 23.9 Å². The number of pyridine rings is 1. The smallest absolute Gasteiger partial charge is 0.250 e. The number of primary amides is 1. The Hall–Kier alpha value is -1.62. The van der Waals surface area contributed by atoms with E-state index in [9.17, 15) is 9.90 Å². The van der Waals surface area contributed by atoms with Crippen molar-refractivity contribution in [2.24, 2.45) is 11.7 Å². The van der Waals surface area contributed by atoms with Crippen molar-refractivity contribution in [2.75, 3.05) is 11.9 Å². The normalized spacial score (nSPS) is 16.8. The predicted octanol–water partition coefficient (Wildman–Crippen LogP) is 0.363. The van der Waals surface area contributed by atoms with Gasteiger partial charge in [-0.2, -0.15) is 0 Å². The molecule has 4 N–H and O–H groups in total. The van der Waals surface area contributed by atoms with E-state index in [0.29, 0.717) is 23.8 Å². The average Bonchev–Trinajstić information content (AvgIpc) is 3.10. The molecule has 1 aliphatic rings. The van der Waals surface area contributed by atoms with E-state index >= 15 is 0 Å². The van der Waals surface area contributed by atoms with Gasteiger partial charge in [0.05, 0.1) is 11.7 Å². The van der Waals surface area contributed by atoms with Crippen LogP contribution in [0.4, 0.5) is 5.82 Å². The molecule has 0 saturated heterocycles. The molecule has 0 bridgehead atoms. The van der Waals surface area contributed by atoms with E-state index in [0.717, 1.165) is 12.8 Å². The Morgan fingerprint density at radius 3 is 2.88 bits per heavy atom. The van der Waals surface area contributed by atoms with Crippen molar-refractivity contribution in [2.45, 2.75) is 18.9 Å². The van der Waals surface area contributed by atoms with E-state index in [1.165, 1.54) is 6.20 Å². The molecule has 5 heteroatoms. The molecule has 1 saturated carbocycles. The lowest BCUT2D eigenvalue weighted by Gasteiger charge is -2.10. The first kappa shape index (κ1) is 10.9. The summed E-state index contributed by atoms with van der Waals surface area (Å²) in [6.45, 7) is 0.494. The van der Waals surface area contributed by atoms with Crippen LogP contribution in [0, 0.1) is 5.92 Å². The number of hydrogen-bond acceptors (Lipinski definition) is 4. The second kappa shape index (κ2) is 4.49. The van der Waals surface area contributed by atoms with E-state index in [2.05, 4.69) is 10.3 Å². The lowest BCUT2D eigenvalue weighted by molar-refractivity contribution is 0.1000. The molecule has 0 aromatic carbocycles. The third-order valence-electron chi connectivity index (χ3n) is 2.71. The highest BCUT2D eigenvalue weighted by Gasteiger charge is 2.29. The number of nitrogens with two attached hydrogens (primary N) is 1. The number of anilines is 1. The lowest BCUT2D eigenvalue weighted by atomic mass is 10.2. The molecule has 1 aromatic rings. The fourth-order valence-corrected chi connectivity index (χ4v) is 1.50. The van der Waals surface area contributed by atoms with Gasteiger partial charge in [-0.1, -0.05) is 0 Å². The maximum absolute atomic E-state index is 10.8. The Morgan fingerprint density at radius 2 is 2.38 bits per heavy atom. The van der Waals surface area contributed by atoms with Crippen LogP contribution in [0.2, 0.25) is 0 Å². The van der Waals surface area contributed by atoms with E-state index in [1.807, 2.05) is 0 Å². The number of carbonyl (C=O) groups excluding carboxylic acids is 1. The first-order valence-electron chi connectivity index (χ1n) is 5.34. The van der Waals surface area contributed by atoms with Gasteiger partial charge in [0.15, 0.2) is 0 Å². The topological polar surface area (TPSA) is 88.2 Å². The average molecular weight is 221 g/mol. The van der Waals surface area contributed by atoms with Crippen LogP contribution < -0.4 is 11.1 Å². The molecule has 1 fully saturated rings. The molecule has 0 spiro atoms. The molecule has 1 amide bonds. The number of aromatic nitrogens is 1. The highest BCUT2D eigenvalue weighted by molar-refractivity contribution is 5.92. The van der Waals surface area contributed by atoms with E-state index < -0.39 is 5.91 Å². The quantitative estimate of drug-likeness (QED) is 0.670. The van der Waals surface area contributed by atoms with Gasteiger partial charge in [0.25, 0.3) is 0 Å². The molecule has 16 heavy (non-hydrogen) atoms. The Labute approximate surface area is 93.7 Å². The number of aliphatic hydroxyl groups is 1. The van der Waals surface area contributed by atoms with Crippen LogP contribution in [0.3, 0.4) is 0 Å². The van der Waals surface area contributed by atoms with Crippen LogP contribution in [0.1, 0.15) is 23.2 Å². The summed E-state index contributed by atoms with van der Waals surface area (Å²) in [5.74, 6) is 0.596. The summed E-state index contributed by atoms with van der Waals surface area (Å²) in [6.07, 6.45) is 3.33. The Balaban J connectivity index is 1.86. The maximum atomic E-state index is 10.8. The molecule has 1 aliphatic carbocycles. The van der Waals surface area contributed by atoms with Crippen LogP contribution in [-0.4, -0.2) is 28.6 Å². The van der Waals surface area contributed by atoms with Gasteiger partial charge < -0.3 is 16.2 Å². The summed E-state index contributed by atoms with van der Waals surface area (Å²) in [7, 11) is 0. The van der Waals surface area contributed by atoms with Gasteiger partial charge in [0, 0.05) is 12.7 Å².